The van der Waals surface area contributed by atoms with Crippen molar-refractivity contribution in [2.24, 2.45) is 0 Å². The Morgan fingerprint density at radius 2 is 2.62 bits per heavy atom. The van der Waals surface area contributed by atoms with Crippen LogP contribution in [0.5, 0.6) is 0 Å². The van der Waals surface area contributed by atoms with Crippen LogP contribution in [0.3, 0.4) is 0 Å². The number of carbonyl (C=O) groups is 1. The van der Waals surface area contributed by atoms with E-state index in [2.05, 4.69) is 5.32 Å². The van der Waals surface area contributed by atoms with Crippen molar-refractivity contribution in [3.8, 4) is 0 Å². The van der Waals surface area contributed by atoms with Crippen molar-refractivity contribution in [1.29, 1.82) is 0 Å². The Morgan fingerprint density at radius 1 is 1.77 bits per heavy atom. The van der Waals surface area contributed by atoms with E-state index in [4.69, 9.17) is 9.47 Å². The zero-order valence-corrected chi connectivity index (χ0v) is 7.84. The van der Waals surface area contributed by atoms with Gasteiger partial charge in [0.15, 0.2) is 5.76 Å². The molecule has 0 bridgehead atoms. The predicted molar refractivity (Wildman–Crippen MR) is 48.4 cm³/mol. The van der Waals surface area contributed by atoms with E-state index < -0.39 is 0 Å². The molecular formula is C9H15NO3. The van der Waals surface area contributed by atoms with E-state index in [1.54, 1.807) is 7.11 Å². The van der Waals surface area contributed by atoms with E-state index in [1.807, 2.05) is 6.08 Å². The first-order chi connectivity index (χ1) is 6.34. The molecule has 1 aliphatic rings. The molecule has 1 heterocycles. The van der Waals surface area contributed by atoms with Crippen LogP contribution < -0.4 is 5.32 Å². The molecule has 0 atom stereocenters. The van der Waals surface area contributed by atoms with E-state index in [0.717, 1.165) is 6.42 Å². The summed E-state index contributed by atoms with van der Waals surface area (Å²) in [4.78, 5) is 11.3. The van der Waals surface area contributed by atoms with Crippen molar-refractivity contribution in [1.82, 2.24) is 5.32 Å². The van der Waals surface area contributed by atoms with Crippen molar-refractivity contribution < 1.29 is 14.3 Å². The minimum atomic E-state index is 0.0219. The SMILES string of the molecule is COCCNCC(=O)C1=CCCO1. The molecule has 1 aliphatic heterocycles. The molecule has 13 heavy (non-hydrogen) atoms. The van der Waals surface area contributed by atoms with Gasteiger partial charge in [-0.1, -0.05) is 0 Å². The standard InChI is InChI=1S/C9H15NO3/c1-12-6-4-10-7-8(11)9-3-2-5-13-9/h3,10H,2,4-7H2,1H3. The first kappa shape index (κ1) is 10.2. The van der Waals surface area contributed by atoms with Crippen molar-refractivity contribution in [2.75, 3.05) is 33.4 Å². The van der Waals surface area contributed by atoms with Gasteiger partial charge in [-0.2, -0.15) is 0 Å². The summed E-state index contributed by atoms with van der Waals surface area (Å²) >= 11 is 0. The fourth-order valence-corrected chi connectivity index (χ4v) is 1.08. The van der Waals surface area contributed by atoms with E-state index in [1.165, 1.54) is 0 Å². The Bertz CT molecular complexity index is 201. The number of Topliss-reactive ketones (excluding diaryl/α,β-unsaturated/α-hetero) is 1. The number of carbonyl (C=O) groups excluding carboxylic acids is 1. The second-order valence-electron chi connectivity index (χ2n) is 2.80. The Hall–Kier alpha value is -0.870. The predicted octanol–water partition coefficient (Wildman–Crippen LogP) is 0.0957. The van der Waals surface area contributed by atoms with Crippen LogP contribution in [0.25, 0.3) is 0 Å². The van der Waals surface area contributed by atoms with Gasteiger partial charge in [-0.25, -0.2) is 0 Å². The third-order valence-corrected chi connectivity index (χ3v) is 1.75. The molecule has 4 heteroatoms. The zero-order chi connectivity index (χ0) is 9.52. The van der Waals surface area contributed by atoms with Crippen molar-refractivity contribution in [3.05, 3.63) is 11.8 Å². The summed E-state index contributed by atoms with van der Waals surface area (Å²) in [5.74, 6) is 0.526. The van der Waals surface area contributed by atoms with Crippen LogP contribution in [0, 0.1) is 0 Å². The number of ether oxygens (including phenoxy) is 2. The molecule has 1 rings (SSSR count). The molecule has 0 unspecified atom stereocenters. The lowest BCUT2D eigenvalue weighted by atomic mass is 10.3. The van der Waals surface area contributed by atoms with Gasteiger partial charge in [-0.3, -0.25) is 4.79 Å². The summed E-state index contributed by atoms with van der Waals surface area (Å²) in [7, 11) is 1.63. The molecule has 0 radical (unpaired) electrons. The maximum atomic E-state index is 11.3. The van der Waals surface area contributed by atoms with E-state index >= 15 is 0 Å². The fraction of sp³-hybridized carbons (Fsp3) is 0.667. The maximum Gasteiger partial charge on any atom is 0.210 e. The molecule has 0 saturated heterocycles. The van der Waals surface area contributed by atoms with Gasteiger partial charge in [0.05, 0.1) is 19.8 Å². The Labute approximate surface area is 77.9 Å². The second-order valence-corrected chi connectivity index (χ2v) is 2.80. The summed E-state index contributed by atoms with van der Waals surface area (Å²) < 4.78 is 9.94. The molecule has 0 spiro atoms. The first-order valence-corrected chi connectivity index (χ1v) is 4.40. The minimum absolute atomic E-state index is 0.0219. The summed E-state index contributed by atoms with van der Waals surface area (Å²) in [6.45, 7) is 2.27. The molecule has 0 amide bonds. The molecule has 0 aliphatic carbocycles. The number of nitrogens with one attached hydrogen (secondary N) is 1. The smallest absolute Gasteiger partial charge is 0.210 e. The molecule has 74 valence electrons. The topological polar surface area (TPSA) is 47.6 Å². The van der Waals surface area contributed by atoms with E-state index in [9.17, 15) is 4.79 Å². The lowest BCUT2D eigenvalue weighted by Gasteiger charge is -2.04. The second kappa shape index (κ2) is 5.72. The largest absolute Gasteiger partial charge is 0.490 e. The van der Waals surface area contributed by atoms with Gasteiger partial charge >= 0.3 is 0 Å². The normalized spacial score (nSPS) is 15.3. The lowest BCUT2D eigenvalue weighted by Crippen LogP contribution is -2.27. The van der Waals surface area contributed by atoms with Gasteiger partial charge in [0, 0.05) is 20.1 Å². The highest BCUT2D eigenvalue weighted by Crippen LogP contribution is 2.08. The van der Waals surface area contributed by atoms with E-state index in [0.29, 0.717) is 32.1 Å². The van der Waals surface area contributed by atoms with Gasteiger partial charge in [-0.15, -0.1) is 0 Å². The number of rotatable bonds is 6. The number of ketones is 1. The van der Waals surface area contributed by atoms with Crippen molar-refractivity contribution in [2.45, 2.75) is 6.42 Å². The monoisotopic (exact) mass is 185 g/mol. The fourth-order valence-electron chi connectivity index (χ4n) is 1.08. The molecule has 4 nitrogen and oxygen atoms in total. The molecular weight excluding hydrogens is 170 g/mol. The molecule has 0 aromatic rings. The van der Waals surface area contributed by atoms with E-state index in [-0.39, 0.29) is 5.78 Å². The van der Waals surface area contributed by atoms with Crippen LogP contribution in [0.1, 0.15) is 6.42 Å². The van der Waals surface area contributed by atoms with Crippen molar-refractivity contribution in [3.63, 3.8) is 0 Å². The zero-order valence-electron chi connectivity index (χ0n) is 7.84. The molecule has 0 fully saturated rings. The van der Waals surface area contributed by atoms with Gasteiger partial charge in [0.2, 0.25) is 5.78 Å². The van der Waals surface area contributed by atoms with Crippen LogP contribution in [0.2, 0.25) is 0 Å². The number of hydrogen-bond donors (Lipinski definition) is 1. The molecule has 0 saturated carbocycles. The molecule has 0 aromatic carbocycles. The first-order valence-electron chi connectivity index (χ1n) is 4.40. The third-order valence-electron chi connectivity index (χ3n) is 1.75. The van der Waals surface area contributed by atoms with Crippen LogP contribution in [-0.4, -0.2) is 39.2 Å². The van der Waals surface area contributed by atoms with Crippen molar-refractivity contribution >= 4 is 5.78 Å². The summed E-state index contributed by atoms with van der Waals surface area (Å²) in [5, 5.41) is 2.97. The third kappa shape index (κ3) is 3.57. The lowest BCUT2D eigenvalue weighted by molar-refractivity contribution is -0.117. The Balaban J connectivity index is 2.10. The van der Waals surface area contributed by atoms with Gasteiger partial charge < -0.3 is 14.8 Å². The number of hydrogen-bond acceptors (Lipinski definition) is 4. The minimum Gasteiger partial charge on any atom is -0.490 e. The molecule has 0 aromatic heterocycles. The van der Waals surface area contributed by atoms with Crippen LogP contribution >= 0.6 is 0 Å². The summed E-state index contributed by atoms with van der Waals surface area (Å²) in [5.41, 5.74) is 0. The van der Waals surface area contributed by atoms with Crippen LogP contribution in [-0.2, 0) is 14.3 Å². The average Bonchev–Trinajstić information content (AvgIpc) is 2.65. The summed E-state index contributed by atoms with van der Waals surface area (Å²) in [6.07, 6.45) is 2.68. The highest BCUT2D eigenvalue weighted by molar-refractivity contribution is 5.95. The average molecular weight is 185 g/mol. The maximum absolute atomic E-state index is 11.3. The highest BCUT2D eigenvalue weighted by Gasteiger charge is 2.13. The summed E-state index contributed by atoms with van der Waals surface area (Å²) in [6, 6.07) is 0. The Kier molecular flexibility index (Phi) is 4.49. The van der Waals surface area contributed by atoms with Crippen LogP contribution in [0.15, 0.2) is 11.8 Å². The Morgan fingerprint density at radius 3 is 3.23 bits per heavy atom. The van der Waals surface area contributed by atoms with Gasteiger partial charge in [-0.05, 0) is 6.08 Å². The van der Waals surface area contributed by atoms with Crippen LogP contribution in [0.4, 0.5) is 0 Å². The highest BCUT2D eigenvalue weighted by atomic mass is 16.5. The number of methoxy groups -OCH3 is 1. The van der Waals surface area contributed by atoms with Gasteiger partial charge in [0.1, 0.15) is 0 Å². The quantitative estimate of drug-likeness (QED) is 0.596. The van der Waals surface area contributed by atoms with Gasteiger partial charge in [0.25, 0.3) is 0 Å². The molecule has 1 N–H and O–H groups in total.